The molecule has 2 saturated carbocycles. The monoisotopic (exact) mass is 592 g/mol. The predicted octanol–water partition coefficient (Wildman–Crippen LogP) is 9.43. The standard InChI is InChI=1S/C29H40O2.2C4H6O2/c1-19-15-27(30)23(21-11-7-5-8-12-21)17-25(19)29(3,4)26-18-24(28(31)16-20(26)2)22-13-9-6-10-14-22;2*1-3(2)4(5)6/h15-18,21-22,30-31H,5-14H2,1-4H3;2*1H2,2H3,(H,5,6). The highest BCUT2D eigenvalue weighted by Crippen LogP contribution is 2.45. The summed E-state index contributed by atoms with van der Waals surface area (Å²) in [6.07, 6.45) is 12.4. The van der Waals surface area contributed by atoms with Gasteiger partial charge in [-0.2, -0.15) is 0 Å². The van der Waals surface area contributed by atoms with Gasteiger partial charge in [0.05, 0.1) is 0 Å². The van der Waals surface area contributed by atoms with Crippen molar-refractivity contribution < 1.29 is 30.0 Å². The van der Waals surface area contributed by atoms with Crippen LogP contribution in [0.15, 0.2) is 48.6 Å². The maximum Gasteiger partial charge on any atom is 0.330 e. The van der Waals surface area contributed by atoms with Crippen molar-refractivity contribution in [3.05, 3.63) is 82.0 Å². The molecular formula is C37H52O6. The lowest BCUT2D eigenvalue weighted by Crippen LogP contribution is -2.23. The average Bonchev–Trinajstić information content (AvgIpc) is 2.94. The molecule has 0 unspecified atom stereocenters. The number of aliphatic carboxylic acids is 2. The zero-order valence-electron chi connectivity index (χ0n) is 27.1. The quantitative estimate of drug-likeness (QED) is 0.248. The van der Waals surface area contributed by atoms with Gasteiger partial charge in [-0.3, -0.25) is 0 Å². The average molecular weight is 593 g/mol. The summed E-state index contributed by atoms with van der Waals surface area (Å²) >= 11 is 0. The second kappa shape index (κ2) is 15.8. The molecule has 0 amide bonds. The van der Waals surface area contributed by atoms with Gasteiger partial charge in [0.2, 0.25) is 0 Å². The summed E-state index contributed by atoms with van der Waals surface area (Å²) < 4.78 is 0. The van der Waals surface area contributed by atoms with Gasteiger partial charge in [0.1, 0.15) is 11.5 Å². The first-order valence-electron chi connectivity index (χ1n) is 15.5. The van der Waals surface area contributed by atoms with Crippen molar-refractivity contribution in [3.8, 4) is 11.5 Å². The number of hydrogen-bond donors (Lipinski definition) is 4. The molecule has 0 aromatic heterocycles. The van der Waals surface area contributed by atoms with Gasteiger partial charge in [-0.05, 0) is 111 Å². The van der Waals surface area contributed by atoms with E-state index >= 15 is 0 Å². The highest BCUT2D eigenvalue weighted by atomic mass is 16.4. The number of hydrogen-bond acceptors (Lipinski definition) is 4. The Labute approximate surface area is 258 Å². The fraction of sp³-hybridized carbons (Fsp3) is 0.514. The van der Waals surface area contributed by atoms with Crippen LogP contribution in [0.4, 0.5) is 0 Å². The fourth-order valence-corrected chi connectivity index (χ4v) is 6.39. The third kappa shape index (κ3) is 9.74. The van der Waals surface area contributed by atoms with Gasteiger partial charge >= 0.3 is 11.9 Å². The second-order valence-electron chi connectivity index (χ2n) is 12.9. The summed E-state index contributed by atoms with van der Waals surface area (Å²) in [5.74, 6) is 0.0128. The Morgan fingerprint density at radius 1 is 0.651 bits per heavy atom. The van der Waals surface area contributed by atoms with Crippen molar-refractivity contribution in [2.45, 2.75) is 123 Å². The molecule has 6 nitrogen and oxygen atoms in total. The predicted molar refractivity (Wildman–Crippen MR) is 174 cm³/mol. The van der Waals surface area contributed by atoms with Gasteiger partial charge in [-0.15, -0.1) is 0 Å². The SMILES string of the molecule is C=C(C)C(=O)O.C=C(C)C(=O)O.Cc1cc(O)c(C2CCCCC2)cc1C(C)(C)c1cc(C2CCCCC2)c(O)cc1C. The highest BCUT2D eigenvalue weighted by Gasteiger charge is 2.31. The van der Waals surface area contributed by atoms with E-state index in [0.717, 1.165) is 22.3 Å². The van der Waals surface area contributed by atoms with Crippen molar-refractivity contribution in [3.63, 3.8) is 0 Å². The number of phenolic OH excluding ortho intramolecular Hbond substituents is 2. The van der Waals surface area contributed by atoms with E-state index in [9.17, 15) is 19.8 Å². The third-order valence-corrected chi connectivity index (χ3v) is 8.91. The molecule has 0 heterocycles. The van der Waals surface area contributed by atoms with E-state index < -0.39 is 11.9 Å². The molecule has 43 heavy (non-hydrogen) atoms. The smallest absolute Gasteiger partial charge is 0.330 e. The largest absolute Gasteiger partial charge is 0.508 e. The molecule has 0 aliphatic heterocycles. The normalized spacial score (nSPS) is 15.8. The summed E-state index contributed by atoms with van der Waals surface area (Å²) in [4.78, 5) is 19.2. The van der Waals surface area contributed by atoms with Crippen LogP contribution in [0, 0.1) is 13.8 Å². The number of carboxylic acid groups (broad SMARTS) is 2. The number of carbonyl (C=O) groups is 2. The number of phenols is 2. The Morgan fingerprint density at radius 2 is 0.930 bits per heavy atom. The Hall–Kier alpha value is -3.54. The maximum atomic E-state index is 10.8. The van der Waals surface area contributed by atoms with Crippen LogP contribution in [0.5, 0.6) is 11.5 Å². The first-order valence-corrected chi connectivity index (χ1v) is 15.5. The number of carboxylic acids is 2. The molecule has 2 aliphatic carbocycles. The summed E-state index contributed by atoms with van der Waals surface area (Å²) in [6, 6.07) is 8.57. The van der Waals surface area contributed by atoms with Crippen LogP contribution >= 0.6 is 0 Å². The minimum Gasteiger partial charge on any atom is -0.508 e. The maximum absolute atomic E-state index is 10.8. The van der Waals surface area contributed by atoms with Gasteiger partial charge in [0, 0.05) is 16.6 Å². The van der Waals surface area contributed by atoms with Crippen LogP contribution in [-0.2, 0) is 15.0 Å². The first-order chi connectivity index (χ1) is 20.1. The molecular weight excluding hydrogens is 540 g/mol. The number of aryl methyl sites for hydroxylation is 2. The number of rotatable bonds is 6. The van der Waals surface area contributed by atoms with Crippen molar-refractivity contribution in [1.82, 2.24) is 0 Å². The zero-order chi connectivity index (χ0) is 32.5. The molecule has 2 fully saturated rings. The van der Waals surface area contributed by atoms with Gasteiger partial charge in [0.15, 0.2) is 0 Å². The van der Waals surface area contributed by atoms with Crippen LogP contribution in [0.2, 0.25) is 0 Å². The Kier molecular flexibility index (Phi) is 13.1. The summed E-state index contributed by atoms with van der Waals surface area (Å²) in [5, 5.41) is 37.3. The zero-order valence-corrected chi connectivity index (χ0v) is 27.1. The van der Waals surface area contributed by atoms with Gasteiger partial charge in [-0.25, -0.2) is 9.59 Å². The van der Waals surface area contributed by atoms with E-state index in [2.05, 4.69) is 53.0 Å². The van der Waals surface area contributed by atoms with Gasteiger partial charge in [-0.1, -0.05) is 77.7 Å². The van der Waals surface area contributed by atoms with E-state index in [-0.39, 0.29) is 16.6 Å². The van der Waals surface area contributed by atoms with Gasteiger partial charge in [0.25, 0.3) is 0 Å². The lowest BCUT2D eigenvalue weighted by molar-refractivity contribution is -0.133. The Balaban J connectivity index is 0.000000455. The summed E-state index contributed by atoms with van der Waals surface area (Å²) in [5.41, 5.74) is 7.33. The van der Waals surface area contributed by atoms with Crippen LogP contribution in [0.1, 0.15) is 137 Å². The fourth-order valence-electron chi connectivity index (χ4n) is 6.39. The van der Waals surface area contributed by atoms with E-state index in [0.29, 0.717) is 23.3 Å². The molecule has 0 atom stereocenters. The van der Waals surface area contributed by atoms with Crippen LogP contribution in [0.3, 0.4) is 0 Å². The highest BCUT2D eigenvalue weighted by molar-refractivity contribution is 5.85. The number of benzene rings is 2. The topological polar surface area (TPSA) is 115 Å². The Bertz CT molecular complexity index is 1180. The molecule has 0 spiro atoms. The first kappa shape index (κ1) is 35.7. The molecule has 2 aliphatic rings. The van der Waals surface area contributed by atoms with E-state index in [1.165, 1.54) is 89.2 Å². The van der Waals surface area contributed by atoms with Crippen molar-refractivity contribution in [2.24, 2.45) is 0 Å². The lowest BCUT2D eigenvalue weighted by Gasteiger charge is -2.33. The minimum absolute atomic E-state index is 0.176. The molecule has 0 radical (unpaired) electrons. The molecule has 0 saturated heterocycles. The van der Waals surface area contributed by atoms with Crippen molar-refractivity contribution in [2.75, 3.05) is 0 Å². The molecule has 4 N–H and O–H groups in total. The van der Waals surface area contributed by atoms with Crippen LogP contribution in [-0.4, -0.2) is 32.4 Å². The third-order valence-electron chi connectivity index (χ3n) is 8.91. The molecule has 0 bridgehead atoms. The molecule has 6 heteroatoms. The van der Waals surface area contributed by atoms with Gasteiger partial charge < -0.3 is 20.4 Å². The minimum atomic E-state index is -0.935. The van der Waals surface area contributed by atoms with Crippen LogP contribution < -0.4 is 0 Å². The van der Waals surface area contributed by atoms with E-state index in [4.69, 9.17) is 10.2 Å². The molecule has 2 aromatic rings. The second-order valence-corrected chi connectivity index (χ2v) is 12.9. The van der Waals surface area contributed by atoms with E-state index in [1.807, 2.05) is 12.1 Å². The molecule has 2 aromatic carbocycles. The van der Waals surface area contributed by atoms with E-state index in [1.54, 1.807) is 0 Å². The van der Waals surface area contributed by atoms with Crippen LogP contribution in [0.25, 0.3) is 0 Å². The summed E-state index contributed by atoms with van der Waals surface area (Å²) in [7, 11) is 0. The lowest BCUT2D eigenvalue weighted by atomic mass is 9.71. The molecule has 4 rings (SSSR count). The Morgan fingerprint density at radius 3 is 1.19 bits per heavy atom. The van der Waals surface area contributed by atoms with Crippen molar-refractivity contribution >= 4 is 11.9 Å². The van der Waals surface area contributed by atoms with Crippen molar-refractivity contribution in [1.29, 1.82) is 0 Å². The number of aromatic hydroxyl groups is 2. The molecule has 236 valence electrons. The summed E-state index contributed by atoms with van der Waals surface area (Å²) in [6.45, 7) is 18.1.